The van der Waals surface area contributed by atoms with Gasteiger partial charge in [-0.1, -0.05) is 12.1 Å². The quantitative estimate of drug-likeness (QED) is 0.562. The standard InChI is InChI=1S/C21H23F3N2O/c1-13-6-5-8-16(20(13)27-2)19-15(7-3-4-11-25)17-12-14(21(22,23)24)9-10-18(17)26-19/h5-6,8-10,12,26H,3-4,7,11,25H2,1-2H3. The molecule has 144 valence electrons. The van der Waals surface area contributed by atoms with Crippen molar-refractivity contribution in [2.24, 2.45) is 5.73 Å². The lowest BCUT2D eigenvalue weighted by Gasteiger charge is -2.12. The summed E-state index contributed by atoms with van der Waals surface area (Å²) >= 11 is 0. The molecule has 1 heterocycles. The second-order valence-corrected chi connectivity index (χ2v) is 6.64. The number of nitrogens with one attached hydrogen (secondary N) is 1. The Labute approximate surface area is 156 Å². The third-order valence-electron chi connectivity index (χ3n) is 4.80. The number of ether oxygens (including phenoxy) is 1. The number of hydrogen-bond donors (Lipinski definition) is 2. The number of nitrogens with two attached hydrogens (primary N) is 1. The first kappa shape index (κ1) is 19.3. The smallest absolute Gasteiger partial charge is 0.416 e. The van der Waals surface area contributed by atoms with Gasteiger partial charge in [0, 0.05) is 16.5 Å². The number of fused-ring (bicyclic) bond motifs is 1. The molecule has 0 unspecified atom stereocenters. The topological polar surface area (TPSA) is 51.0 Å². The van der Waals surface area contributed by atoms with Crippen LogP contribution in [-0.2, 0) is 12.6 Å². The number of unbranched alkanes of at least 4 members (excludes halogenated alkanes) is 1. The highest BCUT2D eigenvalue weighted by molar-refractivity contribution is 5.92. The summed E-state index contributed by atoms with van der Waals surface area (Å²) in [6.07, 6.45) is -2.11. The van der Waals surface area contributed by atoms with Gasteiger partial charge in [0.25, 0.3) is 0 Å². The van der Waals surface area contributed by atoms with E-state index in [0.717, 1.165) is 47.0 Å². The minimum atomic E-state index is -4.37. The number of H-pyrrole nitrogens is 1. The minimum Gasteiger partial charge on any atom is -0.496 e. The number of para-hydroxylation sites is 1. The predicted molar refractivity (Wildman–Crippen MR) is 102 cm³/mol. The molecular formula is C21H23F3N2O. The van der Waals surface area contributed by atoms with Gasteiger partial charge in [0.1, 0.15) is 5.75 Å². The first-order valence-electron chi connectivity index (χ1n) is 8.92. The van der Waals surface area contributed by atoms with Crippen molar-refractivity contribution in [3.63, 3.8) is 0 Å². The second kappa shape index (κ2) is 7.64. The van der Waals surface area contributed by atoms with E-state index < -0.39 is 11.7 Å². The number of aryl methyl sites for hydroxylation is 2. The summed E-state index contributed by atoms with van der Waals surface area (Å²) in [6.45, 7) is 2.50. The van der Waals surface area contributed by atoms with Crippen LogP contribution in [0.4, 0.5) is 13.2 Å². The predicted octanol–water partition coefficient (Wildman–Crippen LogP) is 5.45. The molecule has 0 aliphatic heterocycles. The van der Waals surface area contributed by atoms with Crippen LogP contribution in [0.1, 0.15) is 29.5 Å². The molecule has 0 saturated heterocycles. The maximum absolute atomic E-state index is 13.2. The fourth-order valence-electron chi connectivity index (χ4n) is 3.48. The molecule has 0 amide bonds. The summed E-state index contributed by atoms with van der Waals surface area (Å²) < 4.78 is 45.2. The lowest BCUT2D eigenvalue weighted by molar-refractivity contribution is -0.137. The number of alkyl halides is 3. The summed E-state index contributed by atoms with van der Waals surface area (Å²) in [5.74, 6) is 0.722. The van der Waals surface area contributed by atoms with Gasteiger partial charge >= 0.3 is 6.18 Å². The third-order valence-corrected chi connectivity index (χ3v) is 4.80. The highest BCUT2D eigenvalue weighted by Gasteiger charge is 2.31. The zero-order valence-corrected chi connectivity index (χ0v) is 15.4. The molecule has 0 spiro atoms. The summed E-state index contributed by atoms with van der Waals surface area (Å²) in [5.41, 5.74) is 9.14. The van der Waals surface area contributed by atoms with Gasteiger partial charge in [0.2, 0.25) is 0 Å². The van der Waals surface area contributed by atoms with Crippen LogP contribution in [0.2, 0.25) is 0 Å². The van der Waals surface area contributed by atoms with Crippen molar-refractivity contribution >= 4 is 10.9 Å². The summed E-state index contributed by atoms with van der Waals surface area (Å²) in [7, 11) is 1.60. The molecule has 0 aliphatic rings. The summed E-state index contributed by atoms with van der Waals surface area (Å²) in [6, 6.07) is 9.63. The van der Waals surface area contributed by atoms with Gasteiger partial charge in [0.05, 0.1) is 18.4 Å². The maximum atomic E-state index is 13.2. The number of hydrogen-bond acceptors (Lipinski definition) is 2. The average molecular weight is 376 g/mol. The first-order chi connectivity index (χ1) is 12.9. The Kier molecular flexibility index (Phi) is 5.46. The molecule has 0 radical (unpaired) electrons. The van der Waals surface area contributed by atoms with E-state index in [4.69, 9.17) is 10.5 Å². The van der Waals surface area contributed by atoms with Crippen molar-refractivity contribution in [1.82, 2.24) is 4.98 Å². The van der Waals surface area contributed by atoms with E-state index in [9.17, 15) is 13.2 Å². The molecule has 2 aromatic carbocycles. The van der Waals surface area contributed by atoms with Gasteiger partial charge in [0.15, 0.2) is 0 Å². The van der Waals surface area contributed by atoms with Gasteiger partial charge in [-0.3, -0.25) is 0 Å². The van der Waals surface area contributed by atoms with Gasteiger partial charge in [-0.05, 0) is 68.1 Å². The fraction of sp³-hybridized carbons (Fsp3) is 0.333. The van der Waals surface area contributed by atoms with Crippen LogP contribution in [0, 0.1) is 6.92 Å². The molecule has 3 nitrogen and oxygen atoms in total. The Morgan fingerprint density at radius 2 is 1.89 bits per heavy atom. The number of halogens is 3. The molecule has 0 bridgehead atoms. The average Bonchev–Trinajstić information content (AvgIpc) is 2.99. The fourth-order valence-corrected chi connectivity index (χ4v) is 3.48. The molecule has 0 fully saturated rings. The van der Waals surface area contributed by atoms with E-state index in [1.54, 1.807) is 7.11 Å². The van der Waals surface area contributed by atoms with Crippen molar-refractivity contribution in [2.45, 2.75) is 32.4 Å². The zero-order valence-electron chi connectivity index (χ0n) is 15.4. The normalized spacial score (nSPS) is 11.9. The number of aromatic amines is 1. The number of aromatic nitrogens is 1. The molecule has 3 aromatic rings. The lowest BCUT2D eigenvalue weighted by atomic mass is 9.97. The van der Waals surface area contributed by atoms with Gasteiger partial charge < -0.3 is 15.5 Å². The molecule has 0 atom stereocenters. The van der Waals surface area contributed by atoms with Gasteiger partial charge in [-0.15, -0.1) is 0 Å². The van der Waals surface area contributed by atoms with E-state index >= 15 is 0 Å². The molecule has 0 saturated carbocycles. The Morgan fingerprint density at radius 1 is 1.11 bits per heavy atom. The van der Waals surface area contributed by atoms with E-state index in [2.05, 4.69) is 4.98 Å². The van der Waals surface area contributed by atoms with Crippen LogP contribution in [0.5, 0.6) is 5.75 Å². The Morgan fingerprint density at radius 3 is 2.56 bits per heavy atom. The van der Waals surface area contributed by atoms with Crippen LogP contribution in [0.3, 0.4) is 0 Å². The van der Waals surface area contributed by atoms with Crippen molar-refractivity contribution in [1.29, 1.82) is 0 Å². The van der Waals surface area contributed by atoms with Crippen LogP contribution < -0.4 is 10.5 Å². The highest BCUT2D eigenvalue weighted by atomic mass is 19.4. The first-order valence-corrected chi connectivity index (χ1v) is 8.92. The highest BCUT2D eigenvalue weighted by Crippen LogP contribution is 2.40. The van der Waals surface area contributed by atoms with E-state index in [1.807, 2.05) is 25.1 Å². The Bertz CT molecular complexity index is 944. The van der Waals surface area contributed by atoms with Gasteiger partial charge in [-0.2, -0.15) is 13.2 Å². The van der Waals surface area contributed by atoms with E-state index in [1.165, 1.54) is 12.1 Å². The molecule has 3 N–H and O–H groups in total. The number of rotatable bonds is 6. The molecule has 0 aliphatic carbocycles. The SMILES string of the molecule is COc1c(C)cccc1-c1[nH]c2ccc(C(F)(F)F)cc2c1CCCCN. The third kappa shape index (κ3) is 3.81. The molecular weight excluding hydrogens is 353 g/mol. The summed E-state index contributed by atoms with van der Waals surface area (Å²) in [4.78, 5) is 3.31. The number of methoxy groups -OCH3 is 1. The summed E-state index contributed by atoms with van der Waals surface area (Å²) in [5, 5.41) is 0.598. The van der Waals surface area contributed by atoms with Crippen LogP contribution in [0.25, 0.3) is 22.2 Å². The van der Waals surface area contributed by atoms with Crippen molar-refractivity contribution < 1.29 is 17.9 Å². The Balaban J connectivity index is 2.22. The van der Waals surface area contributed by atoms with E-state index in [-0.39, 0.29) is 0 Å². The molecule has 1 aromatic heterocycles. The minimum absolute atomic E-state index is 0.555. The molecule has 3 rings (SSSR count). The maximum Gasteiger partial charge on any atom is 0.416 e. The molecule has 27 heavy (non-hydrogen) atoms. The number of benzene rings is 2. The second-order valence-electron chi connectivity index (χ2n) is 6.64. The monoisotopic (exact) mass is 376 g/mol. The largest absolute Gasteiger partial charge is 0.496 e. The van der Waals surface area contributed by atoms with Gasteiger partial charge in [-0.25, -0.2) is 0 Å². The molecule has 6 heteroatoms. The lowest BCUT2D eigenvalue weighted by Crippen LogP contribution is -2.04. The van der Waals surface area contributed by atoms with Crippen molar-refractivity contribution in [3.05, 3.63) is 53.1 Å². The van der Waals surface area contributed by atoms with Crippen LogP contribution in [0.15, 0.2) is 36.4 Å². The van der Waals surface area contributed by atoms with Crippen molar-refractivity contribution in [2.75, 3.05) is 13.7 Å². The van der Waals surface area contributed by atoms with Crippen LogP contribution in [-0.4, -0.2) is 18.6 Å². The van der Waals surface area contributed by atoms with Crippen molar-refractivity contribution in [3.8, 4) is 17.0 Å². The van der Waals surface area contributed by atoms with E-state index in [0.29, 0.717) is 23.9 Å². The Hall–Kier alpha value is -2.47. The zero-order chi connectivity index (χ0) is 19.6. The van der Waals surface area contributed by atoms with Crippen LogP contribution >= 0.6 is 0 Å².